The molecule has 3 rings (SSSR count). The number of aromatic nitrogens is 2. The van der Waals surface area contributed by atoms with E-state index in [2.05, 4.69) is 11.9 Å². The van der Waals surface area contributed by atoms with Crippen LogP contribution in [0.2, 0.25) is 0 Å². The number of benzene rings is 2. The van der Waals surface area contributed by atoms with Crippen LogP contribution in [0, 0.1) is 5.82 Å². The highest BCUT2D eigenvalue weighted by atomic mass is 19.1. The fraction of sp³-hybridized carbons (Fsp3) is 0.0588. The van der Waals surface area contributed by atoms with Crippen molar-refractivity contribution in [3.05, 3.63) is 67.3 Å². The van der Waals surface area contributed by atoms with Crippen LogP contribution in [0.15, 0.2) is 61.4 Å². The summed E-state index contributed by atoms with van der Waals surface area (Å²) in [4.78, 5) is 12.1. The zero-order valence-electron chi connectivity index (χ0n) is 11.9. The molecule has 0 saturated carbocycles. The maximum atomic E-state index is 13.6. The lowest BCUT2D eigenvalue weighted by atomic mass is 10.3. The number of carbonyl (C=O) groups excluding carboxylic acids is 1. The monoisotopic (exact) mass is 296 g/mol. The third-order valence-corrected chi connectivity index (χ3v) is 3.39. The lowest BCUT2D eigenvalue weighted by molar-refractivity contribution is -0.658. The number of imidazole rings is 1. The van der Waals surface area contributed by atoms with Gasteiger partial charge in [-0.25, -0.2) is 13.5 Å². The molecule has 0 aliphatic carbocycles. The first-order chi connectivity index (χ1) is 10.7. The van der Waals surface area contributed by atoms with Gasteiger partial charge in [-0.05, 0) is 24.3 Å². The molecule has 5 heteroatoms. The molecule has 22 heavy (non-hydrogen) atoms. The summed E-state index contributed by atoms with van der Waals surface area (Å²) in [5, 5.41) is 2.58. The molecule has 0 saturated heterocycles. The van der Waals surface area contributed by atoms with Crippen LogP contribution >= 0.6 is 0 Å². The van der Waals surface area contributed by atoms with Crippen molar-refractivity contribution in [3.8, 4) is 0 Å². The van der Waals surface area contributed by atoms with Crippen molar-refractivity contribution in [3.63, 3.8) is 0 Å². The molecule has 1 N–H and O–H groups in total. The summed E-state index contributed by atoms with van der Waals surface area (Å²) in [5.74, 6) is -0.739. The molecular weight excluding hydrogens is 281 g/mol. The van der Waals surface area contributed by atoms with E-state index >= 15 is 0 Å². The van der Waals surface area contributed by atoms with E-state index in [9.17, 15) is 9.18 Å². The molecule has 0 atom stereocenters. The molecule has 3 aromatic rings. The second kappa shape index (κ2) is 5.81. The molecule has 110 valence electrons. The Bertz CT molecular complexity index is 854. The average molecular weight is 296 g/mol. The van der Waals surface area contributed by atoms with Crippen LogP contribution in [0.5, 0.6) is 0 Å². The Kier molecular flexibility index (Phi) is 3.70. The first kappa shape index (κ1) is 14.0. The molecule has 0 unspecified atom stereocenters. The molecule has 0 radical (unpaired) electrons. The standard InChI is InChI=1S/C17H14FN3O/c1-2-20-12-21(16-10-6-5-9-15(16)20)11-17(22)19-14-8-4-3-7-13(14)18/h2-10,12H,1,11H2/p+1. The zero-order valence-corrected chi connectivity index (χ0v) is 11.9. The van der Waals surface area contributed by atoms with Crippen molar-refractivity contribution in [2.75, 3.05) is 5.32 Å². The second-order valence-corrected chi connectivity index (χ2v) is 4.85. The lowest BCUT2D eigenvalue weighted by Crippen LogP contribution is -2.39. The third-order valence-electron chi connectivity index (χ3n) is 3.39. The van der Waals surface area contributed by atoms with Crippen molar-refractivity contribution in [2.45, 2.75) is 6.54 Å². The number of hydrogen-bond donors (Lipinski definition) is 1. The van der Waals surface area contributed by atoms with E-state index in [1.54, 1.807) is 29.2 Å². The van der Waals surface area contributed by atoms with E-state index in [0.717, 1.165) is 11.0 Å². The summed E-state index contributed by atoms with van der Waals surface area (Å²) in [6.45, 7) is 3.85. The van der Waals surface area contributed by atoms with Crippen LogP contribution in [0.3, 0.4) is 0 Å². The number of amides is 1. The van der Waals surface area contributed by atoms with Gasteiger partial charge in [0.2, 0.25) is 6.33 Å². The molecule has 0 bridgehead atoms. The highest BCUT2D eigenvalue weighted by Crippen LogP contribution is 2.13. The predicted molar refractivity (Wildman–Crippen MR) is 83.5 cm³/mol. The smallest absolute Gasteiger partial charge is 0.266 e. The number of halogens is 1. The summed E-state index contributed by atoms with van der Waals surface area (Å²) in [6, 6.07) is 13.8. The van der Waals surface area contributed by atoms with Gasteiger partial charge in [0, 0.05) is 0 Å². The van der Waals surface area contributed by atoms with E-state index in [4.69, 9.17) is 0 Å². The Morgan fingerprint density at radius 2 is 1.95 bits per heavy atom. The number of nitrogens with zero attached hydrogens (tertiary/aromatic N) is 2. The molecule has 0 aliphatic rings. The van der Waals surface area contributed by atoms with Crippen LogP contribution in [-0.4, -0.2) is 10.5 Å². The van der Waals surface area contributed by atoms with Crippen molar-refractivity contribution in [1.82, 2.24) is 4.57 Å². The van der Waals surface area contributed by atoms with Crippen LogP contribution in [0.25, 0.3) is 17.2 Å². The highest BCUT2D eigenvalue weighted by Gasteiger charge is 2.16. The summed E-state index contributed by atoms with van der Waals surface area (Å²) in [5.41, 5.74) is 2.04. The Morgan fingerprint density at radius 1 is 1.23 bits per heavy atom. The average Bonchev–Trinajstić information content (AvgIpc) is 2.88. The maximum Gasteiger partial charge on any atom is 0.266 e. The second-order valence-electron chi connectivity index (χ2n) is 4.85. The first-order valence-electron chi connectivity index (χ1n) is 6.85. The number of carbonyl (C=O) groups is 1. The molecule has 2 aromatic carbocycles. The van der Waals surface area contributed by atoms with Gasteiger partial charge in [-0.2, -0.15) is 0 Å². The summed E-state index contributed by atoms with van der Waals surface area (Å²) in [7, 11) is 0. The van der Waals surface area contributed by atoms with Crippen molar-refractivity contribution >= 4 is 28.8 Å². The summed E-state index contributed by atoms with van der Waals surface area (Å²) >= 11 is 0. The molecule has 4 nitrogen and oxygen atoms in total. The molecule has 0 spiro atoms. The largest absolute Gasteiger partial charge is 0.320 e. The lowest BCUT2D eigenvalue weighted by Gasteiger charge is -2.04. The van der Waals surface area contributed by atoms with Gasteiger partial charge < -0.3 is 5.32 Å². The van der Waals surface area contributed by atoms with Gasteiger partial charge >= 0.3 is 0 Å². The minimum absolute atomic E-state index is 0.0929. The zero-order chi connectivity index (χ0) is 15.5. The SMILES string of the molecule is C=Cn1c[n+](CC(=O)Nc2ccccc2F)c2ccccc21. The van der Waals surface area contributed by atoms with E-state index in [1.165, 1.54) is 12.1 Å². The molecule has 0 fully saturated rings. The van der Waals surface area contributed by atoms with E-state index in [0.29, 0.717) is 0 Å². The van der Waals surface area contributed by atoms with E-state index < -0.39 is 5.82 Å². The Labute approximate surface area is 127 Å². The fourth-order valence-electron chi connectivity index (χ4n) is 2.38. The van der Waals surface area contributed by atoms with Crippen molar-refractivity contribution < 1.29 is 13.8 Å². The first-order valence-corrected chi connectivity index (χ1v) is 6.85. The van der Waals surface area contributed by atoms with E-state index in [1.807, 2.05) is 28.8 Å². The number of rotatable bonds is 4. The van der Waals surface area contributed by atoms with E-state index in [-0.39, 0.29) is 18.1 Å². The normalized spacial score (nSPS) is 10.6. The third kappa shape index (κ3) is 2.61. The molecule has 1 amide bonds. The summed E-state index contributed by atoms with van der Waals surface area (Å²) < 4.78 is 17.2. The number of para-hydroxylation sites is 3. The van der Waals surface area contributed by atoms with Crippen LogP contribution in [-0.2, 0) is 11.3 Å². The van der Waals surface area contributed by atoms with Gasteiger partial charge in [0.15, 0.2) is 17.6 Å². The Balaban J connectivity index is 1.86. The number of fused-ring (bicyclic) bond motifs is 1. The highest BCUT2D eigenvalue weighted by molar-refractivity contribution is 5.90. The quantitative estimate of drug-likeness (QED) is 0.739. The fourth-order valence-corrected chi connectivity index (χ4v) is 2.38. The molecule has 1 aromatic heterocycles. The molecule has 1 heterocycles. The van der Waals surface area contributed by atoms with Crippen LogP contribution < -0.4 is 9.88 Å². The van der Waals surface area contributed by atoms with Crippen molar-refractivity contribution in [1.29, 1.82) is 0 Å². The summed E-state index contributed by atoms with van der Waals surface area (Å²) in [6.07, 6.45) is 3.46. The van der Waals surface area contributed by atoms with Gasteiger partial charge in [0.1, 0.15) is 5.82 Å². The Hall–Kier alpha value is -2.95. The number of nitrogens with one attached hydrogen (secondary N) is 1. The minimum atomic E-state index is -0.450. The minimum Gasteiger partial charge on any atom is -0.320 e. The van der Waals surface area contributed by atoms with Crippen LogP contribution in [0.1, 0.15) is 0 Å². The topological polar surface area (TPSA) is 37.9 Å². The maximum absolute atomic E-state index is 13.6. The van der Waals surface area contributed by atoms with Gasteiger partial charge in [0.25, 0.3) is 5.91 Å². The Morgan fingerprint density at radius 3 is 2.73 bits per heavy atom. The van der Waals surface area contributed by atoms with Crippen molar-refractivity contribution in [2.24, 2.45) is 0 Å². The predicted octanol–water partition coefficient (Wildman–Crippen LogP) is 2.81. The van der Waals surface area contributed by atoms with Gasteiger partial charge in [-0.3, -0.25) is 4.79 Å². The number of anilines is 1. The van der Waals surface area contributed by atoms with Gasteiger partial charge in [0.05, 0.1) is 11.9 Å². The molecule has 0 aliphatic heterocycles. The van der Waals surface area contributed by atoms with Crippen LogP contribution in [0.4, 0.5) is 10.1 Å². The molecular formula is C17H15FN3O+. The van der Waals surface area contributed by atoms with Gasteiger partial charge in [-0.1, -0.05) is 30.8 Å². The number of hydrogen-bond acceptors (Lipinski definition) is 1. The van der Waals surface area contributed by atoms with Gasteiger partial charge in [-0.15, -0.1) is 0 Å².